The van der Waals surface area contributed by atoms with Crippen molar-refractivity contribution in [3.8, 4) is 5.75 Å². The predicted molar refractivity (Wildman–Crippen MR) is 107 cm³/mol. The molecule has 2 atom stereocenters. The quantitative estimate of drug-likeness (QED) is 0.539. The van der Waals surface area contributed by atoms with E-state index >= 15 is 0 Å². The number of amides is 2. The number of aromatic nitrogens is 1. The van der Waals surface area contributed by atoms with E-state index in [0.717, 1.165) is 10.9 Å². The summed E-state index contributed by atoms with van der Waals surface area (Å²) >= 11 is 0. The molecular weight excluding hydrogens is 344 g/mol. The van der Waals surface area contributed by atoms with E-state index in [4.69, 9.17) is 10.5 Å². The Hall–Kier alpha value is -2.54. The highest BCUT2D eigenvalue weighted by atomic mass is 16.5. The van der Waals surface area contributed by atoms with Crippen molar-refractivity contribution in [2.75, 3.05) is 13.7 Å². The third-order valence-electron chi connectivity index (χ3n) is 4.41. The number of carbonyl (C=O) groups is 2. The number of aromatic amines is 1. The zero-order valence-electron chi connectivity index (χ0n) is 16.5. The molecule has 0 bridgehead atoms. The van der Waals surface area contributed by atoms with Crippen molar-refractivity contribution in [3.63, 3.8) is 0 Å². The normalized spacial score (nSPS) is 13.4. The summed E-state index contributed by atoms with van der Waals surface area (Å²) in [6.07, 6.45) is 1.24. The fourth-order valence-electron chi connectivity index (χ4n) is 3.03. The zero-order valence-corrected chi connectivity index (χ0v) is 16.5. The third kappa shape index (κ3) is 5.47. The first-order chi connectivity index (χ1) is 12.8. The summed E-state index contributed by atoms with van der Waals surface area (Å²) in [7, 11) is 1.59. The first-order valence-corrected chi connectivity index (χ1v) is 9.32. The van der Waals surface area contributed by atoms with Gasteiger partial charge in [0, 0.05) is 16.9 Å². The number of rotatable bonds is 9. The fourth-order valence-corrected chi connectivity index (χ4v) is 3.03. The number of carbonyl (C=O) groups excluding carboxylic acids is 2. The lowest BCUT2D eigenvalue weighted by molar-refractivity contribution is -0.124. The van der Waals surface area contributed by atoms with Crippen molar-refractivity contribution in [1.29, 1.82) is 0 Å². The molecule has 0 radical (unpaired) electrons. The smallest absolute Gasteiger partial charge is 0.268 e. The lowest BCUT2D eigenvalue weighted by atomic mass is 10.0. The molecule has 1 aromatic heterocycles. The molecule has 7 heteroatoms. The second-order valence-electron chi connectivity index (χ2n) is 7.25. The van der Waals surface area contributed by atoms with E-state index in [2.05, 4.69) is 15.6 Å². The molecule has 5 N–H and O–H groups in total. The third-order valence-corrected chi connectivity index (χ3v) is 4.41. The van der Waals surface area contributed by atoms with Crippen molar-refractivity contribution in [2.45, 2.75) is 45.7 Å². The Kier molecular flexibility index (Phi) is 7.24. The number of H-pyrrole nitrogens is 1. The summed E-state index contributed by atoms with van der Waals surface area (Å²) in [6, 6.07) is 6.67. The van der Waals surface area contributed by atoms with Crippen molar-refractivity contribution < 1.29 is 14.3 Å². The molecule has 1 heterocycles. The number of ether oxygens (including phenoxy) is 1. The predicted octanol–water partition coefficient (Wildman–Crippen LogP) is 2.17. The van der Waals surface area contributed by atoms with E-state index in [1.165, 1.54) is 0 Å². The van der Waals surface area contributed by atoms with Gasteiger partial charge in [-0.1, -0.05) is 19.9 Å². The summed E-state index contributed by atoms with van der Waals surface area (Å²) in [5, 5.41) is 6.61. The number of nitrogens with one attached hydrogen (secondary N) is 3. The first kappa shape index (κ1) is 20.8. The molecule has 0 fully saturated rings. The molecule has 1 unspecified atom stereocenters. The van der Waals surface area contributed by atoms with Gasteiger partial charge in [0.05, 0.1) is 7.11 Å². The van der Waals surface area contributed by atoms with E-state index in [1.807, 2.05) is 39.0 Å². The van der Waals surface area contributed by atoms with Gasteiger partial charge < -0.3 is 26.1 Å². The van der Waals surface area contributed by atoms with Crippen LogP contribution in [0.4, 0.5) is 0 Å². The van der Waals surface area contributed by atoms with Gasteiger partial charge in [0.25, 0.3) is 5.91 Å². The highest BCUT2D eigenvalue weighted by Crippen LogP contribution is 2.26. The minimum Gasteiger partial charge on any atom is -0.496 e. The fraction of sp³-hybridized carbons (Fsp3) is 0.500. The minimum atomic E-state index is -0.606. The topological polar surface area (TPSA) is 109 Å². The van der Waals surface area contributed by atoms with Crippen molar-refractivity contribution in [2.24, 2.45) is 11.7 Å². The van der Waals surface area contributed by atoms with Crippen LogP contribution in [0.2, 0.25) is 0 Å². The highest BCUT2D eigenvalue weighted by molar-refractivity contribution is 6.01. The maximum Gasteiger partial charge on any atom is 0.268 e. The summed E-state index contributed by atoms with van der Waals surface area (Å²) in [4.78, 5) is 28.4. The average molecular weight is 374 g/mol. The SMILES string of the molecule is COc1cccc2[nH]c(C(=O)N[C@@H](CC(C)C)C(=O)NC(C)CCN)cc12. The number of hydrogen-bond acceptors (Lipinski definition) is 4. The molecule has 148 valence electrons. The Bertz CT molecular complexity index is 785. The Balaban J connectivity index is 2.16. The monoisotopic (exact) mass is 374 g/mol. The average Bonchev–Trinajstić information content (AvgIpc) is 3.05. The summed E-state index contributed by atoms with van der Waals surface area (Å²) < 4.78 is 5.33. The largest absolute Gasteiger partial charge is 0.496 e. The van der Waals surface area contributed by atoms with Crippen molar-refractivity contribution in [3.05, 3.63) is 30.0 Å². The molecule has 0 saturated carbocycles. The molecule has 2 rings (SSSR count). The maximum atomic E-state index is 12.7. The molecule has 0 aliphatic heterocycles. The molecule has 2 aromatic rings. The Morgan fingerprint density at radius 2 is 1.96 bits per heavy atom. The molecular formula is C20H30N4O3. The van der Waals surface area contributed by atoms with Crippen LogP contribution in [0.25, 0.3) is 10.9 Å². The summed E-state index contributed by atoms with van der Waals surface area (Å²) in [5.74, 6) is 0.441. The van der Waals surface area contributed by atoms with E-state index in [-0.39, 0.29) is 23.8 Å². The van der Waals surface area contributed by atoms with E-state index < -0.39 is 6.04 Å². The molecule has 0 aliphatic rings. The molecule has 2 amide bonds. The Morgan fingerprint density at radius 3 is 2.59 bits per heavy atom. The molecule has 0 aliphatic carbocycles. The van der Waals surface area contributed by atoms with Crippen LogP contribution >= 0.6 is 0 Å². The van der Waals surface area contributed by atoms with Gasteiger partial charge in [-0.05, 0) is 50.4 Å². The zero-order chi connectivity index (χ0) is 20.0. The van der Waals surface area contributed by atoms with Crippen LogP contribution in [-0.2, 0) is 4.79 Å². The Morgan fingerprint density at radius 1 is 1.22 bits per heavy atom. The van der Waals surface area contributed by atoms with Crippen molar-refractivity contribution >= 4 is 22.7 Å². The van der Waals surface area contributed by atoms with Gasteiger partial charge in [-0.25, -0.2) is 0 Å². The molecule has 27 heavy (non-hydrogen) atoms. The van der Waals surface area contributed by atoms with Gasteiger partial charge in [-0.15, -0.1) is 0 Å². The van der Waals surface area contributed by atoms with Gasteiger partial charge in [-0.2, -0.15) is 0 Å². The maximum absolute atomic E-state index is 12.7. The molecule has 0 spiro atoms. The van der Waals surface area contributed by atoms with Crippen LogP contribution in [0, 0.1) is 5.92 Å². The second-order valence-corrected chi connectivity index (χ2v) is 7.25. The molecule has 1 aromatic carbocycles. The number of fused-ring (bicyclic) bond motifs is 1. The number of benzene rings is 1. The van der Waals surface area contributed by atoms with Crippen LogP contribution < -0.4 is 21.1 Å². The standard InChI is InChI=1S/C20H30N4O3/c1-12(2)10-16(19(25)22-13(3)8-9-21)24-20(26)17-11-14-15(23-17)6-5-7-18(14)27-4/h5-7,11-13,16,23H,8-10,21H2,1-4H3,(H,22,25)(H,24,26)/t13?,16-/m0/s1. The van der Waals surface area contributed by atoms with Crippen LogP contribution in [0.1, 0.15) is 44.1 Å². The first-order valence-electron chi connectivity index (χ1n) is 9.32. The van der Waals surface area contributed by atoms with Crippen LogP contribution in [0.3, 0.4) is 0 Å². The van der Waals surface area contributed by atoms with Gasteiger partial charge in [0.1, 0.15) is 17.5 Å². The van der Waals surface area contributed by atoms with Crippen LogP contribution in [0.5, 0.6) is 5.75 Å². The van der Waals surface area contributed by atoms with Gasteiger partial charge in [0.2, 0.25) is 5.91 Å². The second kappa shape index (κ2) is 9.41. The number of nitrogens with two attached hydrogens (primary N) is 1. The van der Waals surface area contributed by atoms with Gasteiger partial charge in [0.15, 0.2) is 0 Å². The number of methoxy groups -OCH3 is 1. The Labute approximate surface area is 160 Å². The van der Waals surface area contributed by atoms with Crippen LogP contribution in [0.15, 0.2) is 24.3 Å². The van der Waals surface area contributed by atoms with Crippen LogP contribution in [-0.4, -0.2) is 42.5 Å². The molecule has 7 nitrogen and oxygen atoms in total. The minimum absolute atomic E-state index is 0.0357. The van der Waals surface area contributed by atoms with E-state index in [0.29, 0.717) is 30.8 Å². The lowest BCUT2D eigenvalue weighted by Crippen LogP contribution is -2.50. The van der Waals surface area contributed by atoms with Crippen molar-refractivity contribution in [1.82, 2.24) is 15.6 Å². The summed E-state index contributed by atoms with van der Waals surface area (Å²) in [6.45, 7) is 6.44. The highest BCUT2D eigenvalue weighted by Gasteiger charge is 2.24. The lowest BCUT2D eigenvalue weighted by Gasteiger charge is -2.22. The van der Waals surface area contributed by atoms with E-state index in [1.54, 1.807) is 13.2 Å². The number of hydrogen-bond donors (Lipinski definition) is 4. The summed E-state index contributed by atoms with van der Waals surface area (Å²) in [5.41, 5.74) is 6.74. The molecule has 0 saturated heterocycles. The van der Waals surface area contributed by atoms with Gasteiger partial charge in [-0.3, -0.25) is 9.59 Å². The van der Waals surface area contributed by atoms with Gasteiger partial charge >= 0.3 is 0 Å². The van der Waals surface area contributed by atoms with E-state index in [9.17, 15) is 9.59 Å².